The Kier molecular flexibility index (Phi) is 7.10. The molecule has 1 amide bonds. The third-order valence-corrected chi connectivity index (χ3v) is 8.32. The van der Waals surface area contributed by atoms with E-state index in [0.29, 0.717) is 16.9 Å². The molecule has 0 spiro atoms. The number of hydrogen-bond acceptors (Lipinski definition) is 7. The van der Waals surface area contributed by atoms with Crippen molar-refractivity contribution in [1.82, 2.24) is 19.4 Å². The molecule has 4 heterocycles. The number of anilines is 1. The summed E-state index contributed by atoms with van der Waals surface area (Å²) in [4.78, 5) is 39.1. The number of rotatable bonds is 4. The standard InChI is InChI=1S/C32H30F3N5O4/c1-6-23(42)38-13-18-14-44-30-25-21(11-19(26(30)34)24-22(41)8-7-20(33)27(24)35)40(29-16(4)9-10-36-28(29)15(2)3)32(43)37-31(25)39(18)12-17(38)5/h6-11,15,17-18,41H,1,12-14H2,2-5H3. The van der Waals surface area contributed by atoms with Crippen molar-refractivity contribution in [1.29, 1.82) is 0 Å². The highest BCUT2D eigenvalue weighted by atomic mass is 19.2. The summed E-state index contributed by atoms with van der Waals surface area (Å²) < 4.78 is 53.6. The van der Waals surface area contributed by atoms with Gasteiger partial charge < -0.3 is 19.6 Å². The molecule has 2 atom stereocenters. The Morgan fingerprint density at radius 3 is 2.64 bits per heavy atom. The fraction of sp³-hybridized carbons (Fsp3) is 0.312. The summed E-state index contributed by atoms with van der Waals surface area (Å²) in [6.45, 7) is 11.3. The van der Waals surface area contributed by atoms with Gasteiger partial charge in [0, 0.05) is 30.9 Å². The quantitative estimate of drug-likeness (QED) is 0.328. The van der Waals surface area contributed by atoms with E-state index in [0.717, 1.165) is 12.1 Å². The largest absolute Gasteiger partial charge is 0.507 e. The van der Waals surface area contributed by atoms with Crippen LogP contribution < -0.4 is 15.3 Å². The fourth-order valence-corrected chi connectivity index (χ4v) is 6.18. The Morgan fingerprint density at radius 2 is 1.93 bits per heavy atom. The third-order valence-electron chi connectivity index (χ3n) is 8.32. The van der Waals surface area contributed by atoms with Crippen LogP contribution in [0.3, 0.4) is 0 Å². The lowest BCUT2D eigenvalue weighted by Crippen LogP contribution is -2.60. The Bertz CT molecular complexity index is 1930. The molecule has 0 saturated carbocycles. The normalized spacial score (nSPS) is 17.8. The van der Waals surface area contributed by atoms with Gasteiger partial charge in [0.1, 0.15) is 18.2 Å². The first-order valence-corrected chi connectivity index (χ1v) is 14.2. The number of aromatic hydroxyl groups is 1. The van der Waals surface area contributed by atoms with Crippen molar-refractivity contribution in [2.45, 2.75) is 45.7 Å². The van der Waals surface area contributed by atoms with E-state index in [-0.39, 0.29) is 60.0 Å². The molecule has 2 aliphatic rings. The minimum Gasteiger partial charge on any atom is -0.507 e. The van der Waals surface area contributed by atoms with Crippen LogP contribution in [0.1, 0.15) is 37.9 Å². The molecule has 1 saturated heterocycles. The predicted octanol–water partition coefficient (Wildman–Crippen LogP) is 4.99. The van der Waals surface area contributed by atoms with Gasteiger partial charge in [0.25, 0.3) is 0 Å². The molecule has 4 aromatic rings. The minimum atomic E-state index is -1.46. The topological polar surface area (TPSA) is 101 Å². The monoisotopic (exact) mass is 605 g/mol. The van der Waals surface area contributed by atoms with Crippen molar-refractivity contribution < 1.29 is 27.8 Å². The smallest absolute Gasteiger partial charge is 0.354 e. The summed E-state index contributed by atoms with van der Waals surface area (Å²) in [5, 5.41) is 10.7. The number of carbonyl (C=O) groups excluding carboxylic acids is 1. The second-order valence-corrected chi connectivity index (χ2v) is 11.4. The molecule has 2 aromatic heterocycles. The van der Waals surface area contributed by atoms with Crippen molar-refractivity contribution in [2.24, 2.45) is 0 Å². The first-order chi connectivity index (χ1) is 20.9. The molecule has 228 valence electrons. The van der Waals surface area contributed by atoms with E-state index in [1.54, 1.807) is 24.1 Å². The molecule has 0 aliphatic carbocycles. The average molecular weight is 606 g/mol. The van der Waals surface area contributed by atoms with Gasteiger partial charge >= 0.3 is 5.69 Å². The number of aromatic nitrogens is 3. The molecule has 2 unspecified atom stereocenters. The first-order valence-electron chi connectivity index (χ1n) is 14.2. The van der Waals surface area contributed by atoms with E-state index < -0.39 is 46.1 Å². The van der Waals surface area contributed by atoms with Crippen LogP contribution in [0, 0.1) is 24.4 Å². The maximum absolute atomic E-state index is 16.6. The van der Waals surface area contributed by atoms with Crippen LogP contribution in [-0.4, -0.2) is 62.2 Å². The lowest BCUT2D eigenvalue weighted by molar-refractivity contribution is -0.129. The van der Waals surface area contributed by atoms with Crippen molar-refractivity contribution >= 4 is 22.6 Å². The number of phenols is 1. The average Bonchev–Trinajstić information content (AvgIpc) is 3.14. The van der Waals surface area contributed by atoms with Gasteiger partial charge in [-0.05, 0) is 55.7 Å². The summed E-state index contributed by atoms with van der Waals surface area (Å²) in [5.41, 5.74) is -0.180. The summed E-state index contributed by atoms with van der Waals surface area (Å²) in [7, 11) is 0. The number of pyridine rings is 1. The number of amides is 1. The Morgan fingerprint density at radius 1 is 1.18 bits per heavy atom. The Balaban J connectivity index is 1.73. The van der Waals surface area contributed by atoms with Crippen LogP contribution in [0.15, 0.2) is 47.9 Å². The molecular formula is C32H30F3N5O4. The number of halogens is 3. The zero-order chi connectivity index (χ0) is 31.6. The number of ether oxygens (including phenoxy) is 1. The van der Waals surface area contributed by atoms with Crippen molar-refractivity contribution in [3.8, 4) is 28.3 Å². The molecule has 1 N–H and O–H groups in total. The Hall–Kier alpha value is -4.87. The van der Waals surface area contributed by atoms with Gasteiger partial charge in [-0.25, -0.2) is 18.0 Å². The molecular weight excluding hydrogens is 575 g/mol. The summed E-state index contributed by atoms with van der Waals surface area (Å²) in [6.07, 6.45) is 2.83. The number of nitrogens with zero attached hydrogens (tertiary/aromatic N) is 5. The van der Waals surface area contributed by atoms with Crippen molar-refractivity contribution in [2.75, 3.05) is 24.6 Å². The second-order valence-electron chi connectivity index (χ2n) is 11.4. The van der Waals surface area contributed by atoms with E-state index in [2.05, 4.69) is 16.5 Å². The number of carbonyl (C=O) groups is 1. The van der Waals surface area contributed by atoms with Crippen LogP contribution in [-0.2, 0) is 4.79 Å². The Labute approximate surface area is 250 Å². The molecule has 6 rings (SSSR count). The predicted molar refractivity (Wildman–Crippen MR) is 159 cm³/mol. The molecule has 2 aliphatic heterocycles. The molecule has 44 heavy (non-hydrogen) atoms. The summed E-state index contributed by atoms with van der Waals surface area (Å²) in [5.74, 6) is -5.14. The van der Waals surface area contributed by atoms with E-state index in [1.165, 1.54) is 16.7 Å². The van der Waals surface area contributed by atoms with Gasteiger partial charge in [-0.15, -0.1) is 0 Å². The molecule has 1 fully saturated rings. The van der Waals surface area contributed by atoms with E-state index in [4.69, 9.17) is 4.74 Å². The second kappa shape index (κ2) is 10.7. The van der Waals surface area contributed by atoms with Crippen LogP contribution in [0.2, 0.25) is 0 Å². The van der Waals surface area contributed by atoms with E-state index in [1.807, 2.05) is 25.7 Å². The maximum atomic E-state index is 16.6. The number of aryl methyl sites for hydroxylation is 1. The molecule has 2 aromatic carbocycles. The lowest BCUT2D eigenvalue weighted by Gasteiger charge is -2.44. The van der Waals surface area contributed by atoms with Crippen LogP contribution in [0.5, 0.6) is 11.5 Å². The van der Waals surface area contributed by atoms with Gasteiger partial charge in [-0.1, -0.05) is 20.4 Å². The van der Waals surface area contributed by atoms with Gasteiger partial charge in [0.2, 0.25) is 5.91 Å². The first kappa shape index (κ1) is 29.2. The maximum Gasteiger partial charge on any atom is 0.354 e. The number of hydrogen-bond donors (Lipinski definition) is 1. The number of piperazine rings is 1. The molecule has 0 bridgehead atoms. The fourth-order valence-electron chi connectivity index (χ4n) is 6.18. The summed E-state index contributed by atoms with van der Waals surface area (Å²) in [6, 6.07) is 3.75. The van der Waals surface area contributed by atoms with Gasteiger partial charge in [0.05, 0.1) is 33.9 Å². The zero-order valence-corrected chi connectivity index (χ0v) is 24.6. The summed E-state index contributed by atoms with van der Waals surface area (Å²) >= 11 is 0. The lowest BCUT2D eigenvalue weighted by atomic mass is 9.99. The van der Waals surface area contributed by atoms with Crippen molar-refractivity contribution in [3.63, 3.8) is 0 Å². The number of benzene rings is 2. The highest BCUT2D eigenvalue weighted by molar-refractivity contribution is 6.00. The number of phenolic OH excluding ortho intramolecular Hbond substituents is 1. The van der Waals surface area contributed by atoms with Crippen LogP contribution >= 0.6 is 0 Å². The van der Waals surface area contributed by atoms with Crippen LogP contribution in [0.25, 0.3) is 27.7 Å². The van der Waals surface area contributed by atoms with Gasteiger partial charge in [-0.3, -0.25) is 14.3 Å². The van der Waals surface area contributed by atoms with E-state index in [9.17, 15) is 19.1 Å². The third kappa shape index (κ3) is 4.39. The van der Waals surface area contributed by atoms with Gasteiger partial charge in [-0.2, -0.15) is 4.98 Å². The van der Waals surface area contributed by atoms with Gasteiger partial charge in [0.15, 0.2) is 23.2 Å². The highest BCUT2D eigenvalue weighted by Gasteiger charge is 2.40. The van der Waals surface area contributed by atoms with E-state index >= 15 is 8.78 Å². The molecule has 12 heteroatoms. The van der Waals surface area contributed by atoms with Crippen LogP contribution in [0.4, 0.5) is 19.0 Å². The molecule has 0 radical (unpaired) electrons. The zero-order valence-electron chi connectivity index (χ0n) is 24.6. The number of fused-ring (bicyclic) bond motifs is 2. The minimum absolute atomic E-state index is 0.102. The molecule has 9 nitrogen and oxygen atoms in total. The SMILES string of the molecule is C=CC(=O)N1CC2COc3c(F)c(-c4c(O)ccc(F)c4F)cc4c3c(nc(=O)n4-c3c(C)ccnc3C(C)C)N2CC1C. The highest BCUT2D eigenvalue weighted by Crippen LogP contribution is 2.46. The van der Waals surface area contributed by atoms with Crippen molar-refractivity contribution in [3.05, 3.63) is 82.3 Å².